The van der Waals surface area contributed by atoms with E-state index in [4.69, 9.17) is 0 Å². The van der Waals surface area contributed by atoms with Gasteiger partial charge in [-0.25, -0.2) is 4.79 Å². The summed E-state index contributed by atoms with van der Waals surface area (Å²) in [5.74, 6) is -0.111. The number of pyridine rings is 1. The quantitative estimate of drug-likeness (QED) is 0.906. The molecule has 1 aromatic carbocycles. The molecule has 2 heterocycles. The SMILES string of the molecule is CCc1nc2c(cc1C(=O)O)CSc1ccccc1-2. The first-order chi connectivity index (χ1) is 9.20. The van der Waals surface area contributed by atoms with E-state index in [0.717, 1.165) is 22.6 Å². The molecule has 19 heavy (non-hydrogen) atoms. The smallest absolute Gasteiger partial charge is 0.337 e. The molecule has 0 atom stereocenters. The fourth-order valence-corrected chi connectivity index (χ4v) is 3.36. The molecule has 0 unspecified atom stereocenters. The normalized spacial score (nSPS) is 12.7. The number of fused-ring (bicyclic) bond motifs is 3. The summed E-state index contributed by atoms with van der Waals surface area (Å²) in [6, 6.07) is 9.93. The molecular formula is C15H13NO2S. The molecule has 1 N–H and O–H groups in total. The van der Waals surface area contributed by atoms with E-state index in [1.807, 2.05) is 25.1 Å². The van der Waals surface area contributed by atoms with Crippen molar-refractivity contribution in [1.29, 1.82) is 0 Å². The highest BCUT2D eigenvalue weighted by Crippen LogP contribution is 2.40. The van der Waals surface area contributed by atoms with E-state index in [9.17, 15) is 9.90 Å². The topological polar surface area (TPSA) is 50.2 Å². The zero-order chi connectivity index (χ0) is 13.4. The van der Waals surface area contributed by atoms with Gasteiger partial charge in [0.1, 0.15) is 0 Å². The van der Waals surface area contributed by atoms with E-state index in [1.165, 1.54) is 4.90 Å². The number of aromatic carboxylic acids is 1. The van der Waals surface area contributed by atoms with Crippen molar-refractivity contribution >= 4 is 17.7 Å². The minimum Gasteiger partial charge on any atom is -0.478 e. The van der Waals surface area contributed by atoms with Crippen LogP contribution in [-0.4, -0.2) is 16.1 Å². The van der Waals surface area contributed by atoms with Gasteiger partial charge >= 0.3 is 5.97 Å². The number of nitrogens with zero attached hydrogens (tertiary/aromatic N) is 1. The van der Waals surface area contributed by atoms with Gasteiger partial charge in [-0.05, 0) is 24.1 Å². The van der Waals surface area contributed by atoms with Crippen molar-refractivity contribution in [3.8, 4) is 11.3 Å². The Labute approximate surface area is 115 Å². The molecule has 0 amide bonds. The number of benzene rings is 1. The van der Waals surface area contributed by atoms with Crippen LogP contribution in [0.4, 0.5) is 0 Å². The predicted molar refractivity (Wildman–Crippen MR) is 75.6 cm³/mol. The van der Waals surface area contributed by atoms with E-state index in [2.05, 4.69) is 11.1 Å². The number of hydrogen-bond acceptors (Lipinski definition) is 3. The van der Waals surface area contributed by atoms with E-state index >= 15 is 0 Å². The van der Waals surface area contributed by atoms with Gasteiger partial charge in [0.15, 0.2) is 0 Å². The summed E-state index contributed by atoms with van der Waals surface area (Å²) in [4.78, 5) is 17.1. The molecule has 1 aromatic heterocycles. The molecule has 96 valence electrons. The minimum absolute atomic E-state index is 0.334. The maximum atomic E-state index is 11.3. The highest BCUT2D eigenvalue weighted by molar-refractivity contribution is 7.98. The molecule has 0 radical (unpaired) electrons. The summed E-state index contributed by atoms with van der Waals surface area (Å²) in [7, 11) is 0. The molecular weight excluding hydrogens is 258 g/mol. The van der Waals surface area contributed by atoms with Gasteiger partial charge in [0, 0.05) is 16.2 Å². The van der Waals surface area contributed by atoms with Crippen molar-refractivity contribution in [2.75, 3.05) is 0 Å². The lowest BCUT2D eigenvalue weighted by molar-refractivity contribution is 0.0695. The summed E-state index contributed by atoms with van der Waals surface area (Å²) in [6.07, 6.45) is 0.629. The monoisotopic (exact) mass is 271 g/mol. The van der Waals surface area contributed by atoms with Crippen LogP contribution < -0.4 is 0 Å². The molecule has 1 aliphatic rings. The Balaban J connectivity index is 2.24. The van der Waals surface area contributed by atoms with Crippen LogP contribution in [0.1, 0.15) is 28.5 Å². The van der Waals surface area contributed by atoms with Crippen molar-refractivity contribution in [2.24, 2.45) is 0 Å². The van der Waals surface area contributed by atoms with Crippen LogP contribution in [0, 0.1) is 0 Å². The zero-order valence-electron chi connectivity index (χ0n) is 10.5. The van der Waals surface area contributed by atoms with Crippen molar-refractivity contribution in [3.63, 3.8) is 0 Å². The first-order valence-corrected chi connectivity index (χ1v) is 7.17. The molecule has 0 fully saturated rings. The number of hydrogen-bond donors (Lipinski definition) is 1. The number of thioether (sulfide) groups is 1. The van der Waals surface area contributed by atoms with Crippen LogP contribution in [0.5, 0.6) is 0 Å². The minimum atomic E-state index is -0.893. The lowest BCUT2D eigenvalue weighted by Gasteiger charge is -2.20. The molecule has 0 bridgehead atoms. The maximum Gasteiger partial charge on any atom is 0.337 e. The number of carboxylic acid groups (broad SMARTS) is 1. The third kappa shape index (κ3) is 2.02. The lowest BCUT2D eigenvalue weighted by Crippen LogP contribution is -2.09. The van der Waals surface area contributed by atoms with Crippen molar-refractivity contribution in [2.45, 2.75) is 24.0 Å². The third-order valence-corrected chi connectivity index (χ3v) is 4.39. The average molecular weight is 271 g/mol. The highest BCUT2D eigenvalue weighted by atomic mass is 32.2. The summed E-state index contributed by atoms with van der Waals surface area (Å²) in [5.41, 5.74) is 4.06. The summed E-state index contributed by atoms with van der Waals surface area (Å²) >= 11 is 1.73. The molecule has 3 rings (SSSR count). The average Bonchev–Trinajstić information content (AvgIpc) is 2.45. The van der Waals surface area contributed by atoms with Crippen LogP contribution in [0.25, 0.3) is 11.3 Å². The Hall–Kier alpha value is -1.81. The van der Waals surface area contributed by atoms with Gasteiger partial charge in [0.05, 0.1) is 17.0 Å². The summed E-state index contributed by atoms with van der Waals surface area (Å²) < 4.78 is 0. The van der Waals surface area contributed by atoms with Gasteiger partial charge in [0.2, 0.25) is 0 Å². The van der Waals surface area contributed by atoms with E-state index < -0.39 is 5.97 Å². The van der Waals surface area contributed by atoms with Crippen LogP contribution >= 0.6 is 11.8 Å². The Kier molecular flexibility index (Phi) is 3.03. The van der Waals surface area contributed by atoms with Gasteiger partial charge in [-0.3, -0.25) is 4.98 Å². The number of aryl methyl sites for hydroxylation is 1. The first kappa shape index (κ1) is 12.2. The van der Waals surface area contributed by atoms with Crippen LogP contribution in [0.15, 0.2) is 35.2 Å². The fourth-order valence-electron chi connectivity index (χ4n) is 2.33. The second kappa shape index (κ2) is 4.70. The molecule has 3 nitrogen and oxygen atoms in total. The van der Waals surface area contributed by atoms with Crippen molar-refractivity contribution in [1.82, 2.24) is 4.98 Å². The standard InChI is InChI=1S/C15H13NO2S/c1-2-12-11(15(17)18)7-9-8-19-13-6-4-3-5-10(13)14(9)16-12/h3-7H,2,8H2,1H3,(H,17,18). The number of carbonyl (C=O) groups is 1. The lowest BCUT2D eigenvalue weighted by atomic mass is 10.0. The molecule has 4 heteroatoms. The van der Waals surface area contributed by atoms with Gasteiger partial charge in [0.25, 0.3) is 0 Å². The van der Waals surface area contributed by atoms with Gasteiger partial charge in [-0.15, -0.1) is 11.8 Å². The number of aromatic nitrogens is 1. The maximum absolute atomic E-state index is 11.3. The van der Waals surface area contributed by atoms with Crippen molar-refractivity contribution < 1.29 is 9.90 Å². The first-order valence-electron chi connectivity index (χ1n) is 6.19. The molecule has 0 saturated heterocycles. The molecule has 0 saturated carbocycles. The van der Waals surface area contributed by atoms with Gasteiger partial charge in [-0.2, -0.15) is 0 Å². The second-order valence-electron chi connectivity index (χ2n) is 4.43. The van der Waals surface area contributed by atoms with E-state index in [0.29, 0.717) is 17.7 Å². The Morgan fingerprint density at radius 3 is 2.95 bits per heavy atom. The third-order valence-electron chi connectivity index (χ3n) is 3.27. The van der Waals surface area contributed by atoms with Crippen LogP contribution in [0.3, 0.4) is 0 Å². The van der Waals surface area contributed by atoms with E-state index in [1.54, 1.807) is 17.8 Å². The van der Waals surface area contributed by atoms with Crippen molar-refractivity contribution in [3.05, 3.63) is 47.2 Å². The summed E-state index contributed by atoms with van der Waals surface area (Å²) in [5, 5.41) is 9.25. The molecule has 0 aliphatic carbocycles. The number of carboxylic acids is 1. The highest BCUT2D eigenvalue weighted by Gasteiger charge is 2.21. The summed E-state index contributed by atoms with van der Waals surface area (Å²) in [6.45, 7) is 1.94. The number of rotatable bonds is 2. The Morgan fingerprint density at radius 2 is 2.21 bits per heavy atom. The Morgan fingerprint density at radius 1 is 1.42 bits per heavy atom. The van der Waals surface area contributed by atoms with Crippen LogP contribution in [-0.2, 0) is 12.2 Å². The second-order valence-corrected chi connectivity index (χ2v) is 5.45. The van der Waals surface area contributed by atoms with Gasteiger partial charge in [-0.1, -0.05) is 25.1 Å². The predicted octanol–water partition coefficient (Wildman–Crippen LogP) is 3.61. The van der Waals surface area contributed by atoms with Crippen LogP contribution in [0.2, 0.25) is 0 Å². The molecule has 1 aliphatic heterocycles. The van der Waals surface area contributed by atoms with Gasteiger partial charge < -0.3 is 5.11 Å². The molecule has 0 spiro atoms. The zero-order valence-corrected chi connectivity index (χ0v) is 11.3. The molecule has 2 aromatic rings. The largest absolute Gasteiger partial charge is 0.478 e. The van der Waals surface area contributed by atoms with E-state index in [-0.39, 0.29) is 0 Å². The fraction of sp³-hybridized carbons (Fsp3) is 0.200. The Bertz CT molecular complexity index is 667.